The maximum Gasteiger partial charge on any atom is 0.416 e. The second-order valence-corrected chi connectivity index (χ2v) is 6.39. The Morgan fingerprint density at radius 1 is 1.23 bits per heavy atom. The van der Waals surface area contributed by atoms with E-state index in [-0.39, 0.29) is 11.4 Å². The van der Waals surface area contributed by atoms with E-state index in [2.05, 4.69) is 5.32 Å². The predicted octanol–water partition coefficient (Wildman–Crippen LogP) is 5.16. The first-order valence-electron chi connectivity index (χ1n) is 7.76. The molecule has 0 bridgehead atoms. The molecule has 0 aromatic heterocycles. The van der Waals surface area contributed by atoms with Gasteiger partial charge >= 0.3 is 6.18 Å². The second-order valence-electron chi connectivity index (χ2n) is 5.98. The molecule has 0 aliphatic rings. The van der Waals surface area contributed by atoms with E-state index in [0.717, 1.165) is 18.2 Å². The Morgan fingerprint density at radius 3 is 2.54 bits per heavy atom. The van der Waals surface area contributed by atoms with Crippen LogP contribution < -0.4 is 11.1 Å². The quantitative estimate of drug-likeness (QED) is 0.695. The topological polar surface area (TPSA) is 55.1 Å². The summed E-state index contributed by atoms with van der Waals surface area (Å²) < 4.78 is 51.5. The van der Waals surface area contributed by atoms with E-state index in [1.807, 2.05) is 0 Å². The number of carbonyl (C=O) groups is 1. The summed E-state index contributed by atoms with van der Waals surface area (Å²) in [5.41, 5.74) is 5.79. The molecule has 0 aliphatic heterocycles. The van der Waals surface area contributed by atoms with Gasteiger partial charge in [0.25, 0.3) is 0 Å². The van der Waals surface area contributed by atoms with Crippen molar-refractivity contribution < 1.29 is 22.4 Å². The molecule has 2 unspecified atom stereocenters. The molecular formula is C18H17ClF4N2O. The van der Waals surface area contributed by atoms with Crippen molar-refractivity contribution in [3.63, 3.8) is 0 Å². The van der Waals surface area contributed by atoms with Gasteiger partial charge in [-0.1, -0.05) is 30.7 Å². The lowest BCUT2D eigenvalue weighted by atomic mass is 9.95. The zero-order chi connectivity index (χ0) is 19.5. The zero-order valence-corrected chi connectivity index (χ0v) is 14.5. The van der Waals surface area contributed by atoms with Crippen LogP contribution in [0.25, 0.3) is 0 Å². The number of rotatable bonds is 5. The van der Waals surface area contributed by atoms with Crippen LogP contribution in [-0.2, 0) is 11.0 Å². The largest absolute Gasteiger partial charge is 0.416 e. The maximum atomic E-state index is 13.1. The first-order valence-corrected chi connectivity index (χ1v) is 8.14. The van der Waals surface area contributed by atoms with E-state index in [0.29, 0.717) is 11.3 Å². The lowest BCUT2D eigenvalue weighted by molar-refractivity contribution is -0.137. The summed E-state index contributed by atoms with van der Waals surface area (Å²) >= 11 is 5.65. The number of benzene rings is 2. The van der Waals surface area contributed by atoms with Crippen LogP contribution >= 0.6 is 11.6 Å². The molecule has 2 aromatic rings. The van der Waals surface area contributed by atoms with Crippen molar-refractivity contribution in [3.8, 4) is 0 Å². The Kier molecular flexibility index (Phi) is 6.26. The molecule has 0 saturated heterocycles. The van der Waals surface area contributed by atoms with Gasteiger partial charge in [0.1, 0.15) is 5.82 Å². The number of carbonyl (C=O) groups excluding carboxylic acids is 1. The van der Waals surface area contributed by atoms with Crippen molar-refractivity contribution in [1.82, 2.24) is 0 Å². The molecule has 1 amide bonds. The number of alkyl halides is 3. The van der Waals surface area contributed by atoms with Gasteiger partial charge in [-0.3, -0.25) is 4.79 Å². The van der Waals surface area contributed by atoms with Gasteiger partial charge in [-0.2, -0.15) is 13.2 Å². The molecule has 0 fully saturated rings. The van der Waals surface area contributed by atoms with E-state index in [4.69, 9.17) is 17.3 Å². The minimum atomic E-state index is -4.46. The van der Waals surface area contributed by atoms with Crippen LogP contribution in [0.4, 0.5) is 23.2 Å². The molecule has 0 radical (unpaired) electrons. The van der Waals surface area contributed by atoms with Gasteiger partial charge < -0.3 is 11.1 Å². The average molecular weight is 389 g/mol. The number of anilines is 1. The minimum absolute atomic E-state index is 0.129. The van der Waals surface area contributed by atoms with Crippen molar-refractivity contribution in [2.45, 2.75) is 25.6 Å². The van der Waals surface area contributed by atoms with Gasteiger partial charge in [0.2, 0.25) is 5.91 Å². The normalized spacial score (nSPS) is 14.0. The highest BCUT2D eigenvalue weighted by Crippen LogP contribution is 2.31. The summed E-state index contributed by atoms with van der Waals surface area (Å²) in [4.78, 5) is 12.2. The molecule has 8 heteroatoms. The monoisotopic (exact) mass is 388 g/mol. The van der Waals surface area contributed by atoms with Crippen LogP contribution in [0.2, 0.25) is 5.02 Å². The third-order valence-electron chi connectivity index (χ3n) is 3.88. The average Bonchev–Trinajstić information content (AvgIpc) is 2.57. The lowest BCUT2D eigenvalue weighted by Crippen LogP contribution is -2.25. The number of nitrogens with two attached hydrogens (primary N) is 1. The van der Waals surface area contributed by atoms with Gasteiger partial charge in [-0.05, 0) is 42.3 Å². The molecule has 0 aliphatic carbocycles. The lowest BCUT2D eigenvalue weighted by Gasteiger charge is -2.18. The number of nitrogens with one attached hydrogen (secondary N) is 1. The van der Waals surface area contributed by atoms with Gasteiger partial charge in [0.15, 0.2) is 0 Å². The predicted molar refractivity (Wildman–Crippen MR) is 92.2 cm³/mol. The maximum absolute atomic E-state index is 13.1. The molecule has 140 valence electrons. The van der Waals surface area contributed by atoms with Crippen molar-refractivity contribution >= 4 is 23.2 Å². The summed E-state index contributed by atoms with van der Waals surface area (Å²) in [7, 11) is 0. The fourth-order valence-corrected chi connectivity index (χ4v) is 2.59. The van der Waals surface area contributed by atoms with Crippen LogP contribution in [-0.4, -0.2) is 5.91 Å². The SMILES string of the molecule is CC(CC(N)c1cccc(C(F)(F)F)c1)C(=O)Nc1ccc(F)c(Cl)c1. The Labute approximate surface area is 153 Å². The summed E-state index contributed by atoms with van der Waals surface area (Å²) in [6.07, 6.45) is -4.32. The molecule has 2 atom stereocenters. The third kappa shape index (κ3) is 5.19. The van der Waals surface area contributed by atoms with Crippen LogP contribution in [0.5, 0.6) is 0 Å². The van der Waals surface area contributed by atoms with Gasteiger partial charge in [-0.15, -0.1) is 0 Å². The Balaban J connectivity index is 2.03. The summed E-state index contributed by atoms with van der Waals surface area (Å²) in [6.45, 7) is 1.61. The van der Waals surface area contributed by atoms with Crippen molar-refractivity contribution in [3.05, 3.63) is 64.4 Å². The van der Waals surface area contributed by atoms with Gasteiger partial charge in [-0.25, -0.2) is 4.39 Å². The van der Waals surface area contributed by atoms with Crippen LogP contribution in [0.1, 0.15) is 30.5 Å². The van der Waals surface area contributed by atoms with E-state index in [9.17, 15) is 22.4 Å². The second kappa shape index (κ2) is 8.05. The molecule has 2 rings (SSSR count). The highest BCUT2D eigenvalue weighted by atomic mass is 35.5. The molecule has 3 N–H and O–H groups in total. The van der Waals surface area contributed by atoms with Crippen LogP contribution in [0, 0.1) is 11.7 Å². The van der Waals surface area contributed by atoms with Gasteiger partial charge in [0, 0.05) is 17.6 Å². The fraction of sp³-hybridized carbons (Fsp3) is 0.278. The number of hydrogen-bond acceptors (Lipinski definition) is 2. The number of amides is 1. The minimum Gasteiger partial charge on any atom is -0.326 e. The molecule has 0 saturated carbocycles. The Hall–Kier alpha value is -2.12. The van der Waals surface area contributed by atoms with Crippen molar-refractivity contribution in [2.24, 2.45) is 11.7 Å². The molecule has 0 heterocycles. The fourth-order valence-electron chi connectivity index (χ4n) is 2.41. The summed E-state index contributed by atoms with van der Waals surface area (Å²) in [6, 6.07) is 7.73. The van der Waals surface area contributed by atoms with Gasteiger partial charge in [0.05, 0.1) is 10.6 Å². The Morgan fingerprint density at radius 2 is 1.92 bits per heavy atom. The first-order chi connectivity index (χ1) is 12.1. The summed E-state index contributed by atoms with van der Waals surface area (Å²) in [5.74, 6) is -1.58. The molecular weight excluding hydrogens is 372 g/mol. The first kappa shape index (κ1) is 20.2. The van der Waals surface area contributed by atoms with Crippen molar-refractivity contribution in [1.29, 1.82) is 0 Å². The van der Waals surface area contributed by atoms with Crippen LogP contribution in [0.3, 0.4) is 0 Å². The number of hydrogen-bond donors (Lipinski definition) is 2. The van der Waals surface area contributed by atoms with E-state index < -0.39 is 35.4 Å². The Bertz CT molecular complexity index is 795. The van der Waals surface area contributed by atoms with E-state index in [1.165, 1.54) is 24.3 Å². The molecule has 3 nitrogen and oxygen atoms in total. The molecule has 2 aromatic carbocycles. The molecule has 0 spiro atoms. The van der Waals surface area contributed by atoms with E-state index >= 15 is 0 Å². The standard InChI is InChI=1S/C18H17ClF4N2O/c1-10(17(26)25-13-5-6-15(20)14(19)9-13)7-16(24)11-3-2-4-12(8-11)18(21,22)23/h2-6,8-10,16H,7,24H2,1H3,(H,25,26). The molecule has 26 heavy (non-hydrogen) atoms. The summed E-state index contributed by atoms with van der Waals surface area (Å²) in [5, 5.41) is 2.45. The van der Waals surface area contributed by atoms with Crippen molar-refractivity contribution in [2.75, 3.05) is 5.32 Å². The highest BCUT2D eigenvalue weighted by Gasteiger charge is 2.31. The van der Waals surface area contributed by atoms with E-state index in [1.54, 1.807) is 6.92 Å². The van der Waals surface area contributed by atoms with Crippen LogP contribution in [0.15, 0.2) is 42.5 Å². The number of halogens is 5. The zero-order valence-electron chi connectivity index (χ0n) is 13.8. The highest BCUT2D eigenvalue weighted by molar-refractivity contribution is 6.31. The third-order valence-corrected chi connectivity index (χ3v) is 4.17. The smallest absolute Gasteiger partial charge is 0.326 e.